The van der Waals surface area contributed by atoms with Crippen molar-refractivity contribution in [3.05, 3.63) is 35.9 Å². The van der Waals surface area contributed by atoms with Gasteiger partial charge in [-0.3, -0.25) is 0 Å². The first-order valence-electron chi connectivity index (χ1n) is 8.90. The van der Waals surface area contributed by atoms with Crippen LogP contribution >= 0.6 is 0 Å². The van der Waals surface area contributed by atoms with E-state index >= 15 is 0 Å². The van der Waals surface area contributed by atoms with Gasteiger partial charge in [0.25, 0.3) is 0 Å². The smallest absolute Gasteiger partial charge is 0.0222 e. The molecule has 20 heavy (non-hydrogen) atoms. The molecule has 0 aromatic heterocycles. The Labute approximate surface area is 125 Å². The maximum atomic E-state index is 2.34. The van der Waals surface area contributed by atoms with Crippen molar-refractivity contribution in [2.24, 2.45) is 11.3 Å². The first-order valence-corrected chi connectivity index (χ1v) is 8.90. The minimum Gasteiger partial charge on any atom is -0.0622 e. The van der Waals surface area contributed by atoms with Crippen LogP contribution in [0.2, 0.25) is 0 Å². The van der Waals surface area contributed by atoms with E-state index in [2.05, 4.69) is 30.3 Å². The molecule has 0 unspecified atom stereocenters. The Balaban J connectivity index is 1.70. The van der Waals surface area contributed by atoms with Crippen molar-refractivity contribution in [1.29, 1.82) is 0 Å². The lowest BCUT2D eigenvalue weighted by Gasteiger charge is -2.41. The summed E-state index contributed by atoms with van der Waals surface area (Å²) in [4.78, 5) is 0. The molecule has 0 N–H and O–H groups in total. The highest BCUT2D eigenvalue weighted by Gasteiger charge is 2.34. The second-order valence-electron chi connectivity index (χ2n) is 7.43. The van der Waals surface area contributed by atoms with Gasteiger partial charge in [-0.1, -0.05) is 81.7 Å². The molecule has 0 atom stereocenters. The maximum Gasteiger partial charge on any atom is -0.0222 e. The lowest BCUT2D eigenvalue weighted by Crippen LogP contribution is -2.30. The molecule has 0 bridgehead atoms. The van der Waals surface area contributed by atoms with E-state index in [1.54, 1.807) is 5.56 Å². The van der Waals surface area contributed by atoms with E-state index < -0.39 is 0 Å². The highest BCUT2D eigenvalue weighted by atomic mass is 14.4. The molecule has 110 valence electrons. The van der Waals surface area contributed by atoms with Crippen LogP contribution in [0.1, 0.15) is 76.2 Å². The van der Waals surface area contributed by atoms with Crippen LogP contribution in [0.5, 0.6) is 0 Å². The van der Waals surface area contributed by atoms with Crippen molar-refractivity contribution in [2.45, 2.75) is 77.0 Å². The van der Waals surface area contributed by atoms with E-state index in [9.17, 15) is 0 Å². The zero-order valence-corrected chi connectivity index (χ0v) is 12.9. The van der Waals surface area contributed by atoms with E-state index in [0.29, 0.717) is 5.41 Å². The summed E-state index contributed by atoms with van der Waals surface area (Å²) in [5, 5.41) is 0. The third-order valence-electron chi connectivity index (χ3n) is 5.78. The molecule has 0 spiro atoms. The Morgan fingerprint density at radius 3 is 2.15 bits per heavy atom. The molecule has 0 heteroatoms. The summed E-state index contributed by atoms with van der Waals surface area (Å²) in [6, 6.07) is 11.3. The second kappa shape index (κ2) is 6.78. The summed E-state index contributed by atoms with van der Waals surface area (Å²) in [7, 11) is 0. The average molecular weight is 270 g/mol. The van der Waals surface area contributed by atoms with Gasteiger partial charge >= 0.3 is 0 Å². The van der Waals surface area contributed by atoms with Gasteiger partial charge in [-0.25, -0.2) is 0 Å². The molecule has 2 fully saturated rings. The fourth-order valence-corrected chi connectivity index (χ4v) is 4.79. The van der Waals surface area contributed by atoms with Gasteiger partial charge in [0, 0.05) is 0 Å². The molecule has 3 rings (SSSR count). The van der Waals surface area contributed by atoms with E-state index in [1.807, 2.05) is 0 Å². The average Bonchev–Trinajstić information content (AvgIpc) is 2.50. The molecule has 2 aliphatic carbocycles. The van der Waals surface area contributed by atoms with Crippen molar-refractivity contribution in [2.75, 3.05) is 0 Å². The monoisotopic (exact) mass is 270 g/mol. The number of hydrogen-bond acceptors (Lipinski definition) is 0. The molecule has 0 heterocycles. The Morgan fingerprint density at radius 1 is 0.800 bits per heavy atom. The largest absolute Gasteiger partial charge is 0.0622 e. The first-order chi connectivity index (χ1) is 9.86. The standard InChI is InChI=1S/C20H30/c1-4-10-18(11-5-1)16-20(14-8-3-9-15-20)17-19-12-6-2-7-13-19/h1,4-5,10-11,19H,2-3,6-9,12-17H2. The van der Waals surface area contributed by atoms with Crippen LogP contribution in [0, 0.1) is 11.3 Å². The van der Waals surface area contributed by atoms with E-state index in [4.69, 9.17) is 0 Å². The predicted molar refractivity (Wildman–Crippen MR) is 86.9 cm³/mol. The molecule has 2 aliphatic rings. The van der Waals surface area contributed by atoms with Gasteiger partial charge < -0.3 is 0 Å². The molecule has 2 saturated carbocycles. The van der Waals surface area contributed by atoms with Gasteiger partial charge in [-0.15, -0.1) is 0 Å². The molecule has 0 aliphatic heterocycles. The molecular formula is C20H30. The fraction of sp³-hybridized carbons (Fsp3) is 0.700. The summed E-state index contributed by atoms with van der Waals surface area (Å²) in [6.45, 7) is 0. The summed E-state index contributed by atoms with van der Waals surface area (Å²) in [6.07, 6.45) is 17.7. The van der Waals surface area contributed by atoms with E-state index in [1.165, 1.54) is 77.0 Å². The van der Waals surface area contributed by atoms with Crippen LogP contribution in [-0.4, -0.2) is 0 Å². The SMILES string of the molecule is c1ccc(CC2(CC3CCCCC3)CCCCC2)cc1. The van der Waals surface area contributed by atoms with E-state index in [-0.39, 0.29) is 0 Å². The van der Waals surface area contributed by atoms with Gasteiger partial charge in [0.2, 0.25) is 0 Å². The first kappa shape index (κ1) is 14.2. The van der Waals surface area contributed by atoms with Crippen LogP contribution in [-0.2, 0) is 6.42 Å². The molecule has 0 amide bonds. The molecule has 1 aromatic carbocycles. The zero-order valence-electron chi connectivity index (χ0n) is 12.9. The molecule has 0 nitrogen and oxygen atoms in total. The van der Waals surface area contributed by atoms with Gasteiger partial charge in [0.1, 0.15) is 0 Å². The maximum absolute atomic E-state index is 2.34. The Morgan fingerprint density at radius 2 is 1.45 bits per heavy atom. The second-order valence-corrected chi connectivity index (χ2v) is 7.43. The number of rotatable bonds is 4. The molecule has 1 aromatic rings. The highest BCUT2D eigenvalue weighted by Crippen LogP contribution is 2.46. The van der Waals surface area contributed by atoms with Gasteiger partial charge in [0.15, 0.2) is 0 Å². The Hall–Kier alpha value is -0.780. The Kier molecular flexibility index (Phi) is 4.81. The fourth-order valence-electron chi connectivity index (χ4n) is 4.79. The topological polar surface area (TPSA) is 0 Å². The third-order valence-corrected chi connectivity index (χ3v) is 5.78. The van der Waals surface area contributed by atoms with Crippen molar-refractivity contribution in [3.63, 3.8) is 0 Å². The molecule has 0 radical (unpaired) electrons. The Bertz CT molecular complexity index is 380. The minimum absolute atomic E-state index is 0.640. The lowest BCUT2D eigenvalue weighted by molar-refractivity contribution is 0.124. The summed E-state index contributed by atoms with van der Waals surface area (Å²) in [5.41, 5.74) is 2.21. The summed E-state index contributed by atoms with van der Waals surface area (Å²) in [5.74, 6) is 1.03. The zero-order chi connectivity index (χ0) is 13.7. The summed E-state index contributed by atoms with van der Waals surface area (Å²) >= 11 is 0. The van der Waals surface area contributed by atoms with Crippen LogP contribution in [0.25, 0.3) is 0 Å². The van der Waals surface area contributed by atoms with E-state index in [0.717, 1.165) is 5.92 Å². The van der Waals surface area contributed by atoms with Crippen LogP contribution in [0.15, 0.2) is 30.3 Å². The van der Waals surface area contributed by atoms with Crippen LogP contribution < -0.4 is 0 Å². The van der Waals surface area contributed by atoms with Crippen LogP contribution in [0.4, 0.5) is 0 Å². The van der Waals surface area contributed by atoms with Crippen molar-refractivity contribution < 1.29 is 0 Å². The minimum atomic E-state index is 0.640. The quantitative estimate of drug-likeness (QED) is 0.615. The van der Waals surface area contributed by atoms with Gasteiger partial charge in [-0.2, -0.15) is 0 Å². The van der Waals surface area contributed by atoms with Crippen LogP contribution in [0.3, 0.4) is 0 Å². The van der Waals surface area contributed by atoms with Gasteiger partial charge in [0.05, 0.1) is 0 Å². The number of hydrogen-bond donors (Lipinski definition) is 0. The van der Waals surface area contributed by atoms with Crippen molar-refractivity contribution in [1.82, 2.24) is 0 Å². The number of benzene rings is 1. The lowest BCUT2D eigenvalue weighted by atomic mass is 9.64. The van der Waals surface area contributed by atoms with Gasteiger partial charge in [-0.05, 0) is 42.6 Å². The normalized spacial score (nSPS) is 23.6. The highest BCUT2D eigenvalue weighted by molar-refractivity contribution is 5.17. The molecular weight excluding hydrogens is 240 g/mol. The van der Waals surface area contributed by atoms with Crippen molar-refractivity contribution >= 4 is 0 Å². The molecule has 0 saturated heterocycles. The third kappa shape index (κ3) is 3.65. The summed E-state index contributed by atoms with van der Waals surface area (Å²) < 4.78 is 0. The van der Waals surface area contributed by atoms with Crippen molar-refractivity contribution in [3.8, 4) is 0 Å². The predicted octanol–water partition coefficient (Wildman–Crippen LogP) is 6.15.